The monoisotopic (exact) mass is 334 g/mol. The van der Waals surface area contributed by atoms with Gasteiger partial charge in [0.15, 0.2) is 12.1 Å². The van der Waals surface area contributed by atoms with Crippen molar-refractivity contribution >= 4 is 5.91 Å². The average molecular weight is 334 g/mol. The Morgan fingerprint density at radius 3 is 2.83 bits per heavy atom. The molecule has 7 heteroatoms. The van der Waals surface area contributed by atoms with E-state index in [0.717, 1.165) is 0 Å². The van der Waals surface area contributed by atoms with E-state index in [1.165, 1.54) is 6.39 Å². The van der Waals surface area contributed by atoms with Crippen LogP contribution in [0.5, 0.6) is 11.5 Å². The Balaban J connectivity index is 1.81. The van der Waals surface area contributed by atoms with Gasteiger partial charge >= 0.3 is 0 Å². The van der Waals surface area contributed by atoms with Crippen LogP contribution in [0.1, 0.15) is 36.0 Å². The van der Waals surface area contributed by atoms with Crippen LogP contribution in [0.25, 0.3) is 0 Å². The first kappa shape index (κ1) is 17.8. The highest BCUT2D eigenvalue weighted by atomic mass is 16.5. The fourth-order valence-electron chi connectivity index (χ4n) is 2.07. The normalized spacial score (nSPS) is 12.0. The number of ether oxygens (including phenoxy) is 2. The topological polar surface area (TPSA) is 93.8 Å². The second-order valence-electron chi connectivity index (χ2n) is 5.57. The first-order chi connectivity index (χ1) is 11.5. The summed E-state index contributed by atoms with van der Waals surface area (Å²) in [6, 6.07) is 7.07. The quantitative estimate of drug-likeness (QED) is 0.766. The molecule has 0 bridgehead atoms. The molecule has 1 aromatic carbocycles. The van der Waals surface area contributed by atoms with E-state index in [4.69, 9.17) is 13.9 Å². The molecule has 24 heavy (non-hydrogen) atoms. The molecule has 2 aromatic rings. The number of benzene rings is 1. The van der Waals surface area contributed by atoms with Crippen molar-refractivity contribution in [1.82, 2.24) is 10.3 Å². The number of hydrogen-bond acceptors (Lipinski definition) is 6. The summed E-state index contributed by atoms with van der Waals surface area (Å²) in [7, 11) is 1.57. The van der Waals surface area contributed by atoms with Crippen LogP contribution < -0.4 is 14.8 Å². The van der Waals surface area contributed by atoms with Gasteiger partial charge in [-0.2, -0.15) is 0 Å². The Hall–Kier alpha value is -2.54. The summed E-state index contributed by atoms with van der Waals surface area (Å²) in [5, 5.41) is 12.6. The van der Waals surface area contributed by atoms with Crippen molar-refractivity contribution in [2.75, 3.05) is 20.3 Å². The van der Waals surface area contributed by atoms with Crippen LogP contribution in [0.15, 0.2) is 35.1 Å². The Morgan fingerprint density at radius 2 is 2.12 bits per heavy atom. The van der Waals surface area contributed by atoms with E-state index in [1.807, 2.05) is 13.8 Å². The maximum atomic E-state index is 12.1. The molecule has 1 amide bonds. The van der Waals surface area contributed by atoms with Crippen molar-refractivity contribution in [3.63, 3.8) is 0 Å². The number of methoxy groups -OCH3 is 1. The molecule has 0 radical (unpaired) electrons. The number of nitrogens with zero attached hydrogens (tertiary/aromatic N) is 1. The van der Waals surface area contributed by atoms with Crippen molar-refractivity contribution in [2.45, 2.75) is 25.9 Å². The molecule has 0 aliphatic heterocycles. The van der Waals surface area contributed by atoms with Crippen LogP contribution in [-0.2, 0) is 0 Å². The van der Waals surface area contributed by atoms with Crippen molar-refractivity contribution in [3.8, 4) is 11.5 Å². The molecule has 0 aliphatic rings. The fraction of sp³-hybridized carbons (Fsp3) is 0.412. The Kier molecular flexibility index (Phi) is 6.20. The molecular weight excluding hydrogens is 312 g/mol. The van der Waals surface area contributed by atoms with Crippen LogP contribution in [0.2, 0.25) is 0 Å². The summed E-state index contributed by atoms with van der Waals surface area (Å²) in [5.74, 6) is 1.44. The summed E-state index contributed by atoms with van der Waals surface area (Å²) < 4.78 is 15.8. The number of rotatable bonds is 8. The van der Waals surface area contributed by atoms with Gasteiger partial charge in [0.1, 0.15) is 30.0 Å². The molecule has 0 fully saturated rings. The van der Waals surface area contributed by atoms with Gasteiger partial charge in [0, 0.05) is 18.5 Å². The van der Waals surface area contributed by atoms with Crippen LogP contribution in [0.4, 0.5) is 0 Å². The van der Waals surface area contributed by atoms with E-state index < -0.39 is 6.10 Å². The Labute approximate surface area is 140 Å². The molecule has 130 valence electrons. The lowest BCUT2D eigenvalue weighted by atomic mass is 10.1. The molecule has 2 rings (SSSR count). The zero-order chi connectivity index (χ0) is 17.5. The van der Waals surface area contributed by atoms with Crippen molar-refractivity contribution in [3.05, 3.63) is 42.1 Å². The van der Waals surface area contributed by atoms with Crippen LogP contribution in [-0.4, -0.2) is 42.4 Å². The van der Waals surface area contributed by atoms with E-state index in [-0.39, 0.29) is 30.7 Å². The second kappa shape index (κ2) is 8.35. The number of carbonyl (C=O) groups excluding carboxylic acids is 1. The fourth-order valence-corrected chi connectivity index (χ4v) is 2.07. The van der Waals surface area contributed by atoms with Gasteiger partial charge in [-0.15, -0.1) is 0 Å². The predicted molar refractivity (Wildman–Crippen MR) is 87.4 cm³/mol. The maximum Gasteiger partial charge on any atom is 0.273 e. The highest BCUT2D eigenvalue weighted by Gasteiger charge is 2.19. The molecule has 0 unspecified atom stereocenters. The summed E-state index contributed by atoms with van der Waals surface area (Å²) >= 11 is 0. The summed E-state index contributed by atoms with van der Waals surface area (Å²) in [4.78, 5) is 16.0. The van der Waals surface area contributed by atoms with E-state index >= 15 is 0 Å². The van der Waals surface area contributed by atoms with Gasteiger partial charge < -0.3 is 24.3 Å². The van der Waals surface area contributed by atoms with E-state index in [0.29, 0.717) is 17.3 Å². The predicted octanol–water partition coefficient (Wildman–Crippen LogP) is 1.98. The first-order valence-corrected chi connectivity index (χ1v) is 7.67. The summed E-state index contributed by atoms with van der Waals surface area (Å²) in [5.41, 5.74) is 0.242. The van der Waals surface area contributed by atoms with Crippen molar-refractivity contribution in [1.29, 1.82) is 0 Å². The van der Waals surface area contributed by atoms with Gasteiger partial charge in [-0.1, -0.05) is 19.9 Å². The molecule has 1 heterocycles. The highest BCUT2D eigenvalue weighted by molar-refractivity contribution is 5.93. The third kappa shape index (κ3) is 4.73. The zero-order valence-electron chi connectivity index (χ0n) is 14.0. The van der Waals surface area contributed by atoms with Crippen LogP contribution >= 0.6 is 0 Å². The molecule has 7 nitrogen and oxygen atoms in total. The number of aliphatic hydroxyl groups excluding tert-OH is 1. The van der Waals surface area contributed by atoms with Gasteiger partial charge in [0.25, 0.3) is 5.91 Å². The number of amides is 1. The lowest BCUT2D eigenvalue weighted by Gasteiger charge is -2.13. The third-order valence-corrected chi connectivity index (χ3v) is 3.32. The van der Waals surface area contributed by atoms with Gasteiger partial charge in [-0.05, 0) is 12.1 Å². The number of aliphatic hydroxyl groups is 1. The molecular formula is C17H22N2O5. The summed E-state index contributed by atoms with van der Waals surface area (Å²) in [6.45, 7) is 3.92. The van der Waals surface area contributed by atoms with Gasteiger partial charge in [-0.25, -0.2) is 4.98 Å². The maximum absolute atomic E-state index is 12.1. The van der Waals surface area contributed by atoms with E-state index in [2.05, 4.69) is 10.3 Å². The smallest absolute Gasteiger partial charge is 0.273 e. The third-order valence-electron chi connectivity index (χ3n) is 3.32. The largest absolute Gasteiger partial charge is 0.497 e. The van der Waals surface area contributed by atoms with Gasteiger partial charge in [0.05, 0.1) is 7.11 Å². The number of aromatic nitrogens is 1. The van der Waals surface area contributed by atoms with Gasteiger partial charge in [-0.3, -0.25) is 4.79 Å². The number of nitrogens with one attached hydrogen (secondary N) is 1. The van der Waals surface area contributed by atoms with E-state index in [9.17, 15) is 9.90 Å². The Bertz CT molecular complexity index is 669. The molecule has 2 N–H and O–H groups in total. The lowest BCUT2D eigenvalue weighted by molar-refractivity contribution is 0.0838. The molecule has 1 aromatic heterocycles. The van der Waals surface area contributed by atoms with Crippen LogP contribution in [0, 0.1) is 0 Å². The minimum Gasteiger partial charge on any atom is -0.497 e. The second-order valence-corrected chi connectivity index (χ2v) is 5.57. The highest BCUT2D eigenvalue weighted by Crippen LogP contribution is 2.19. The van der Waals surface area contributed by atoms with Crippen molar-refractivity contribution < 1.29 is 23.8 Å². The van der Waals surface area contributed by atoms with E-state index in [1.54, 1.807) is 31.4 Å². The Morgan fingerprint density at radius 1 is 1.38 bits per heavy atom. The zero-order valence-corrected chi connectivity index (χ0v) is 14.0. The molecule has 1 atom stereocenters. The molecule has 0 saturated heterocycles. The summed E-state index contributed by atoms with van der Waals surface area (Å²) in [6.07, 6.45) is 0.390. The molecule has 0 saturated carbocycles. The lowest BCUT2D eigenvalue weighted by Crippen LogP contribution is -2.35. The van der Waals surface area contributed by atoms with Crippen LogP contribution in [0.3, 0.4) is 0 Å². The molecule has 0 spiro atoms. The standard InChI is InChI=1S/C17H22N2O5/c1-11(2)16-15(19-10-24-16)17(21)18-8-12(20)9-23-14-6-4-5-13(7-14)22-3/h4-7,10-12,20H,8-9H2,1-3H3,(H,18,21)/t12-/m0/s1. The number of oxazole rings is 1. The molecule has 0 aliphatic carbocycles. The first-order valence-electron chi connectivity index (χ1n) is 7.67. The number of hydrogen-bond donors (Lipinski definition) is 2. The van der Waals surface area contributed by atoms with Crippen molar-refractivity contribution in [2.24, 2.45) is 0 Å². The minimum atomic E-state index is -0.852. The average Bonchev–Trinajstić information content (AvgIpc) is 3.08. The van der Waals surface area contributed by atoms with Gasteiger partial charge in [0.2, 0.25) is 0 Å². The minimum absolute atomic E-state index is 0.0449. The number of carbonyl (C=O) groups is 1. The SMILES string of the molecule is COc1cccc(OC[C@@H](O)CNC(=O)c2ncoc2C(C)C)c1.